The summed E-state index contributed by atoms with van der Waals surface area (Å²) in [5, 5.41) is 0. The van der Waals surface area contributed by atoms with Crippen molar-refractivity contribution in [2.45, 2.75) is 32.5 Å². The van der Waals surface area contributed by atoms with E-state index in [0.717, 1.165) is 18.2 Å². The molecule has 1 heterocycles. The van der Waals surface area contributed by atoms with E-state index in [1.807, 2.05) is 0 Å². The minimum atomic E-state index is -4.51. The van der Waals surface area contributed by atoms with Crippen LogP contribution in [0.25, 0.3) is 0 Å². The molecule has 1 aliphatic heterocycles. The molecule has 0 aromatic heterocycles. The average Bonchev–Trinajstić information content (AvgIpc) is 2.36. The fourth-order valence-corrected chi connectivity index (χ4v) is 2.45. The third-order valence-corrected chi connectivity index (χ3v) is 3.91. The van der Waals surface area contributed by atoms with Crippen LogP contribution in [-0.2, 0) is 11.0 Å². The third-order valence-electron chi connectivity index (χ3n) is 3.91. The molecule has 0 aliphatic carbocycles. The standard InChI is InChI=1S/C14H15F4NO/c1-8-9(2)19(6-5-13(8)20)12-7-10(14(16,17)18)3-4-11(12)15/h3-4,7-9H,5-6H2,1-2H3. The van der Waals surface area contributed by atoms with E-state index in [1.54, 1.807) is 13.8 Å². The second kappa shape index (κ2) is 5.07. The van der Waals surface area contributed by atoms with Gasteiger partial charge in [0.2, 0.25) is 0 Å². The molecular weight excluding hydrogens is 274 g/mol. The van der Waals surface area contributed by atoms with E-state index < -0.39 is 17.6 Å². The maximum absolute atomic E-state index is 13.8. The Balaban J connectivity index is 2.39. The molecule has 0 saturated carbocycles. The van der Waals surface area contributed by atoms with Gasteiger partial charge in [-0.05, 0) is 25.1 Å². The average molecular weight is 289 g/mol. The number of halogens is 4. The van der Waals surface area contributed by atoms with Gasteiger partial charge in [0, 0.05) is 24.9 Å². The molecule has 1 fully saturated rings. The Morgan fingerprint density at radius 1 is 1.25 bits per heavy atom. The van der Waals surface area contributed by atoms with Crippen molar-refractivity contribution >= 4 is 11.5 Å². The number of Topliss-reactive ketones (excluding diaryl/α,β-unsaturated/α-hetero) is 1. The molecule has 0 radical (unpaired) electrons. The normalized spacial score (nSPS) is 24.1. The number of carbonyl (C=O) groups excluding carboxylic acids is 1. The predicted octanol–water partition coefficient (Wildman–Crippen LogP) is 3.65. The number of piperidine rings is 1. The van der Waals surface area contributed by atoms with Crippen molar-refractivity contribution in [2.24, 2.45) is 5.92 Å². The summed E-state index contributed by atoms with van der Waals surface area (Å²) in [7, 11) is 0. The molecule has 1 saturated heterocycles. The Bertz CT molecular complexity index is 526. The van der Waals surface area contributed by atoms with Gasteiger partial charge in [0.05, 0.1) is 11.3 Å². The number of benzene rings is 1. The molecule has 1 aliphatic rings. The number of hydrogen-bond acceptors (Lipinski definition) is 2. The number of alkyl halides is 3. The van der Waals surface area contributed by atoms with Crippen molar-refractivity contribution in [2.75, 3.05) is 11.4 Å². The summed E-state index contributed by atoms with van der Waals surface area (Å²) in [6.07, 6.45) is -4.29. The summed E-state index contributed by atoms with van der Waals surface area (Å²) in [5.41, 5.74) is -0.975. The van der Waals surface area contributed by atoms with E-state index in [4.69, 9.17) is 0 Å². The van der Waals surface area contributed by atoms with Crippen LogP contribution in [0.5, 0.6) is 0 Å². The van der Waals surface area contributed by atoms with Crippen molar-refractivity contribution in [1.82, 2.24) is 0 Å². The molecule has 1 aromatic rings. The Morgan fingerprint density at radius 3 is 2.50 bits per heavy atom. The van der Waals surface area contributed by atoms with E-state index in [2.05, 4.69) is 0 Å². The van der Waals surface area contributed by atoms with Crippen LogP contribution < -0.4 is 4.90 Å². The Labute approximate surface area is 114 Å². The Morgan fingerprint density at radius 2 is 1.90 bits per heavy atom. The molecule has 1 aromatic carbocycles. The van der Waals surface area contributed by atoms with Gasteiger partial charge in [0.15, 0.2) is 0 Å². The van der Waals surface area contributed by atoms with E-state index in [1.165, 1.54) is 4.90 Å². The summed E-state index contributed by atoms with van der Waals surface area (Å²) in [6, 6.07) is 2.04. The van der Waals surface area contributed by atoms with E-state index >= 15 is 0 Å². The largest absolute Gasteiger partial charge is 0.416 e. The minimum absolute atomic E-state index is 0.0566. The molecule has 2 rings (SSSR count). The number of nitrogens with zero attached hydrogens (tertiary/aromatic N) is 1. The smallest absolute Gasteiger partial charge is 0.365 e. The zero-order valence-electron chi connectivity index (χ0n) is 11.2. The first kappa shape index (κ1) is 14.8. The molecule has 0 bridgehead atoms. The second-order valence-electron chi connectivity index (χ2n) is 5.10. The number of anilines is 1. The molecule has 2 unspecified atom stereocenters. The molecule has 110 valence electrons. The maximum atomic E-state index is 13.8. The summed E-state index contributed by atoms with van der Waals surface area (Å²) in [5.74, 6) is -0.967. The monoisotopic (exact) mass is 289 g/mol. The van der Waals surface area contributed by atoms with Crippen molar-refractivity contribution in [3.05, 3.63) is 29.6 Å². The van der Waals surface area contributed by atoms with Crippen molar-refractivity contribution in [3.63, 3.8) is 0 Å². The lowest BCUT2D eigenvalue weighted by atomic mass is 9.90. The number of rotatable bonds is 1. The first-order valence-corrected chi connectivity index (χ1v) is 6.38. The van der Waals surface area contributed by atoms with E-state index in [0.29, 0.717) is 0 Å². The lowest BCUT2D eigenvalue weighted by molar-refractivity contribution is -0.137. The zero-order valence-corrected chi connectivity index (χ0v) is 11.2. The van der Waals surface area contributed by atoms with Gasteiger partial charge in [0.1, 0.15) is 11.6 Å². The Hall–Kier alpha value is -1.59. The summed E-state index contributed by atoms with van der Waals surface area (Å²) < 4.78 is 52.0. The van der Waals surface area contributed by atoms with Crippen molar-refractivity contribution in [1.29, 1.82) is 0 Å². The van der Waals surface area contributed by atoms with Gasteiger partial charge >= 0.3 is 6.18 Å². The summed E-state index contributed by atoms with van der Waals surface area (Å²) in [4.78, 5) is 13.1. The lowest BCUT2D eigenvalue weighted by Gasteiger charge is -2.39. The number of hydrogen-bond donors (Lipinski definition) is 0. The van der Waals surface area contributed by atoms with Crippen LogP contribution in [0.15, 0.2) is 18.2 Å². The van der Waals surface area contributed by atoms with Gasteiger partial charge in [-0.15, -0.1) is 0 Å². The van der Waals surface area contributed by atoms with Gasteiger partial charge < -0.3 is 4.90 Å². The van der Waals surface area contributed by atoms with Crippen molar-refractivity contribution in [3.8, 4) is 0 Å². The van der Waals surface area contributed by atoms with Crippen LogP contribution >= 0.6 is 0 Å². The van der Waals surface area contributed by atoms with Crippen LogP contribution in [-0.4, -0.2) is 18.4 Å². The number of carbonyl (C=O) groups is 1. The highest BCUT2D eigenvalue weighted by Crippen LogP contribution is 2.35. The predicted molar refractivity (Wildman–Crippen MR) is 67.0 cm³/mol. The van der Waals surface area contributed by atoms with Crippen LogP contribution in [0, 0.1) is 11.7 Å². The Kier molecular flexibility index (Phi) is 3.75. The van der Waals surface area contributed by atoms with Crippen LogP contribution in [0.2, 0.25) is 0 Å². The first-order valence-electron chi connectivity index (χ1n) is 6.38. The molecule has 6 heteroatoms. The maximum Gasteiger partial charge on any atom is 0.416 e. The first-order chi connectivity index (χ1) is 9.21. The molecule has 0 amide bonds. The topological polar surface area (TPSA) is 20.3 Å². The summed E-state index contributed by atoms with van der Waals surface area (Å²) >= 11 is 0. The fraction of sp³-hybridized carbons (Fsp3) is 0.500. The molecule has 0 spiro atoms. The SMILES string of the molecule is CC1C(=O)CCN(c2cc(C(F)(F)F)ccc2F)C1C. The van der Waals surface area contributed by atoms with Gasteiger partial charge in [-0.1, -0.05) is 6.92 Å². The van der Waals surface area contributed by atoms with Gasteiger partial charge in [0.25, 0.3) is 0 Å². The van der Waals surface area contributed by atoms with E-state index in [-0.39, 0.29) is 36.4 Å². The highest BCUT2D eigenvalue weighted by molar-refractivity contribution is 5.84. The van der Waals surface area contributed by atoms with Gasteiger partial charge in [-0.2, -0.15) is 13.2 Å². The fourth-order valence-electron chi connectivity index (χ4n) is 2.45. The molecule has 2 atom stereocenters. The van der Waals surface area contributed by atoms with Crippen molar-refractivity contribution < 1.29 is 22.4 Å². The summed E-state index contributed by atoms with van der Waals surface area (Å²) in [6.45, 7) is 3.68. The van der Waals surface area contributed by atoms with Crippen LogP contribution in [0.3, 0.4) is 0 Å². The quantitative estimate of drug-likeness (QED) is 0.736. The molecule has 2 nitrogen and oxygen atoms in total. The molecular formula is C14H15F4NO. The highest BCUT2D eigenvalue weighted by Gasteiger charge is 2.35. The minimum Gasteiger partial charge on any atom is -0.365 e. The van der Waals surface area contributed by atoms with E-state index in [9.17, 15) is 22.4 Å². The van der Waals surface area contributed by atoms with Gasteiger partial charge in [-0.25, -0.2) is 4.39 Å². The van der Waals surface area contributed by atoms with Crippen LogP contribution in [0.4, 0.5) is 23.2 Å². The number of ketones is 1. The highest BCUT2D eigenvalue weighted by atomic mass is 19.4. The zero-order chi connectivity index (χ0) is 15.1. The molecule has 0 N–H and O–H groups in total. The van der Waals surface area contributed by atoms with Gasteiger partial charge in [-0.3, -0.25) is 4.79 Å². The lowest BCUT2D eigenvalue weighted by Crippen LogP contribution is -2.47. The molecule has 20 heavy (non-hydrogen) atoms. The second-order valence-corrected chi connectivity index (χ2v) is 5.10. The third kappa shape index (κ3) is 2.64. The van der Waals surface area contributed by atoms with Crippen LogP contribution in [0.1, 0.15) is 25.8 Å².